The summed E-state index contributed by atoms with van der Waals surface area (Å²) in [6, 6.07) is 34.4. The molecule has 4 aromatic carbocycles. The number of thioether (sulfide) groups is 1. The number of rotatable bonds is 3. The smallest absolute Gasteiger partial charge is 0.235 e. The van der Waals surface area contributed by atoms with Gasteiger partial charge in [0.1, 0.15) is 0 Å². The average Bonchev–Trinajstić information content (AvgIpc) is 3.39. The standard InChI is InChI=1S/C38H27N3S/c1-2-11-27(12-3-1)34-20-21-39-38(40-34)41-35-15-5-4-14-31(35)33-25-28(16-18-36(33)41)29-17-19-37-32(24-29)30-13-8-10-26(23-30)9-6-7-22-42-37/h1-9,11-26H,10H2/b9-6-,22-7+. The van der Waals surface area contributed by atoms with Gasteiger partial charge in [-0.2, -0.15) is 0 Å². The van der Waals surface area contributed by atoms with Crippen molar-refractivity contribution in [3.05, 3.63) is 151 Å². The fraction of sp³-hybridized carbons (Fsp3) is 0.0526. The van der Waals surface area contributed by atoms with Crippen LogP contribution in [-0.4, -0.2) is 14.5 Å². The summed E-state index contributed by atoms with van der Waals surface area (Å²) in [5, 5.41) is 4.56. The molecule has 1 atom stereocenters. The molecule has 0 radical (unpaired) electrons. The lowest BCUT2D eigenvalue weighted by atomic mass is 9.90. The van der Waals surface area contributed by atoms with Gasteiger partial charge in [-0.25, -0.2) is 9.97 Å². The van der Waals surface area contributed by atoms with Gasteiger partial charge in [-0.3, -0.25) is 4.57 Å². The van der Waals surface area contributed by atoms with Crippen molar-refractivity contribution in [1.82, 2.24) is 14.5 Å². The van der Waals surface area contributed by atoms with E-state index in [1.165, 1.54) is 37.9 Å². The summed E-state index contributed by atoms with van der Waals surface area (Å²) < 4.78 is 2.18. The molecule has 42 heavy (non-hydrogen) atoms. The van der Waals surface area contributed by atoms with Gasteiger partial charge in [0.15, 0.2) is 0 Å². The second kappa shape index (κ2) is 10.5. The minimum atomic E-state index is 0.430. The molecule has 0 fully saturated rings. The van der Waals surface area contributed by atoms with Gasteiger partial charge >= 0.3 is 0 Å². The molecule has 2 aliphatic rings. The normalized spacial score (nSPS) is 17.5. The zero-order valence-electron chi connectivity index (χ0n) is 22.9. The molecule has 3 heterocycles. The predicted octanol–water partition coefficient (Wildman–Crippen LogP) is 10.0. The maximum absolute atomic E-state index is 5.00. The number of nitrogens with zero attached hydrogens (tertiary/aromatic N) is 3. The number of benzene rings is 4. The monoisotopic (exact) mass is 557 g/mol. The van der Waals surface area contributed by atoms with Crippen LogP contribution in [0.25, 0.3) is 55.7 Å². The SMILES string of the molecule is C1=CC2=CC(/C=C\C=C\Sc3ccc(-c4ccc5c(c4)c4ccccc4n5-c4nccc(-c5ccccc5)n4)cc32)C1. The van der Waals surface area contributed by atoms with Gasteiger partial charge in [-0.15, -0.1) is 0 Å². The Balaban J connectivity index is 1.27. The van der Waals surface area contributed by atoms with Crippen LogP contribution in [0.1, 0.15) is 12.0 Å². The van der Waals surface area contributed by atoms with E-state index in [1.807, 2.05) is 30.5 Å². The Hall–Kier alpha value is -4.93. The highest BCUT2D eigenvalue weighted by Gasteiger charge is 2.17. The number of allylic oxidation sites excluding steroid dienone is 7. The number of hydrogen-bond donors (Lipinski definition) is 0. The van der Waals surface area contributed by atoms with Crippen LogP contribution < -0.4 is 0 Å². The molecule has 3 nitrogen and oxygen atoms in total. The number of hydrogen-bond acceptors (Lipinski definition) is 3. The third-order valence-corrected chi connectivity index (χ3v) is 8.95. The number of aromatic nitrogens is 3. The Morgan fingerprint density at radius 1 is 0.738 bits per heavy atom. The van der Waals surface area contributed by atoms with Gasteiger partial charge in [-0.1, -0.05) is 109 Å². The second-order valence-corrected chi connectivity index (χ2v) is 11.6. The van der Waals surface area contributed by atoms with E-state index in [1.54, 1.807) is 11.8 Å². The van der Waals surface area contributed by atoms with Crippen molar-refractivity contribution in [3.63, 3.8) is 0 Å². The van der Waals surface area contributed by atoms with E-state index in [4.69, 9.17) is 9.97 Å². The van der Waals surface area contributed by atoms with Crippen LogP contribution >= 0.6 is 11.8 Å². The first kappa shape index (κ1) is 24.8. The van der Waals surface area contributed by atoms with E-state index in [0.29, 0.717) is 11.9 Å². The van der Waals surface area contributed by atoms with Gasteiger partial charge in [-0.05, 0) is 76.4 Å². The fourth-order valence-electron chi connectivity index (χ4n) is 6.02. The molecule has 1 unspecified atom stereocenters. The Morgan fingerprint density at radius 3 is 2.52 bits per heavy atom. The fourth-order valence-corrected chi connectivity index (χ4v) is 6.78. The summed E-state index contributed by atoms with van der Waals surface area (Å²) >= 11 is 1.77. The Kier molecular flexibility index (Phi) is 6.19. The Bertz CT molecular complexity index is 2100. The van der Waals surface area contributed by atoms with Gasteiger partial charge in [0.2, 0.25) is 5.95 Å². The Morgan fingerprint density at radius 2 is 1.57 bits per heavy atom. The van der Waals surface area contributed by atoms with Gasteiger partial charge in [0.25, 0.3) is 0 Å². The van der Waals surface area contributed by atoms with Crippen LogP contribution in [0.3, 0.4) is 0 Å². The molecule has 0 amide bonds. The maximum Gasteiger partial charge on any atom is 0.235 e. The zero-order chi connectivity index (χ0) is 27.9. The lowest BCUT2D eigenvalue weighted by Crippen LogP contribution is -2.01. The molecule has 200 valence electrons. The molecule has 8 rings (SSSR count). The third kappa shape index (κ3) is 4.41. The molecule has 2 bridgehead atoms. The van der Waals surface area contributed by atoms with Gasteiger partial charge in [0.05, 0.1) is 16.7 Å². The zero-order valence-corrected chi connectivity index (χ0v) is 23.7. The summed E-state index contributed by atoms with van der Waals surface area (Å²) in [7, 11) is 0. The van der Waals surface area contributed by atoms with E-state index >= 15 is 0 Å². The topological polar surface area (TPSA) is 30.7 Å². The van der Waals surface area contributed by atoms with Crippen LogP contribution in [0.4, 0.5) is 0 Å². The molecule has 1 aliphatic carbocycles. The van der Waals surface area contributed by atoms with Crippen molar-refractivity contribution in [2.45, 2.75) is 11.3 Å². The number of fused-ring (bicyclic) bond motifs is 6. The van der Waals surface area contributed by atoms with E-state index in [2.05, 4.69) is 119 Å². The van der Waals surface area contributed by atoms with E-state index in [9.17, 15) is 0 Å². The van der Waals surface area contributed by atoms with Crippen molar-refractivity contribution in [1.29, 1.82) is 0 Å². The number of para-hydroxylation sites is 1. The highest BCUT2D eigenvalue weighted by molar-refractivity contribution is 8.02. The first-order valence-electron chi connectivity index (χ1n) is 14.3. The van der Waals surface area contributed by atoms with Crippen molar-refractivity contribution in [3.8, 4) is 28.3 Å². The van der Waals surface area contributed by atoms with Crippen LogP contribution in [0.2, 0.25) is 0 Å². The third-order valence-electron chi connectivity index (χ3n) is 8.05. The van der Waals surface area contributed by atoms with Crippen LogP contribution in [0, 0.1) is 5.92 Å². The summed E-state index contributed by atoms with van der Waals surface area (Å²) in [6.07, 6.45) is 16.5. The van der Waals surface area contributed by atoms with Crippen LogP contribution in [0.15, 0.2) is 150 Å². The maximum atomic E-state index is 5.00. The molecule has 0 saturated heterocycles. The highest BCUT2D eigenvalue weighted by Crippen LogP contribution is 2.39. The largest absolute Gasteiger partial charge is 0.278 e. The Labute approximate surface area is 249 Å². The van der Waals surface area contributed by atoms with Gasteiger partial charge < -0.3 is 0 Å². The molecule has 4 heteroatoms. The molecule has 0 spiro atoms. The van der Waals surface area contributed by atoms with Crippen molar-refractivity contribution < 1.29 is 0 Å². The van der Waals surface area contributed by atoms with E-state index < -0.39 is 0 Å². The summed E-state index contributed by atoms with van der Waals surface area (Å²) in [5.41, 5.74) is 9.17. The minimum absolute atomic E-state index is 0.430. The highest BCUT2D eigenvalue weighted by atomic mass is 32.2. The van der Waals surface area contributed by atoms with Crippen molar-refractivity contribution >= 4 is 39.1 Å². The molecule has 1 aliphatic heterocycles. The summed E-state index contributed by atoms with van der Waals surface area (Å²) in [5.74, 6) is 1.10. The summed E-state index contributed by atoms with van der Waals surface area (Å²) in [4.78, 5) is 11.0. The predicted molar refractivity (Wildman–Crippen MR) is 177 cm³/mol. The minimum Gasteiger partial charge on any atom is -0.278 e. The van der Waals surface area contributed by atoms with E-state index in [0.717, 1.165) is 28.7 Å². The van der Waals surface area contributed by atoms with Gasteiger partial charge in [0, 0.05) is 27.4 Å². The molecule has 2 aromatic heterocycles. The molecular weight excluding hydrogens is 531 g/mol. The first-order chi connectivity index (χ1) is 20.8. The molecule has 0 N–H and O–H groups in total. The van der Waals surface area contributed by atoms with Crippen molar-refractivity contribution in [2.24, 2.45) is 5.92 Å². The molecule has 0 saturated carbocycles. The van der Waals surface area contributed by atoms with E-state index in [-0.39, 0.29) is 0 Å². The molecule has 6 aromatic rings. The molecular formula is C38H27N3S. The lowest BCUT2D eigenvalue weighted by Gasteiger charge is -2.18. The quantitative estimate of drug-likeness (QED) is 0.217. The van der Waals surface area contributed by atoms with Crippen LogP contribution in [-0.2, 0) is 0 Å². The summed E-state index contributed by atoms with van der Waals surface area (Å²) in [6.45, 7) is 0. The second-order valence-electron chi connectivity index (χ2n) is 10.7. The lowest BCUT2D eigenvalue weighted by molar-refractivity contribution is 0.825. The average molecular weight is 558 g/mol. The van der Waals surface area contributed by atoms with Crippen LogP contribution in [0.5, 0.6) is 0 Å². The van der Waals surface area contributed by atoms with Crippen molar-refractivity contribution in [2.75, 3.05) is 0 Å². The first-order valence-corrected chi connectivity index (χ1v) is 15.1.